The Balaban J connectivity index is 2.47. The van der Waals surface area contributed by atoms with Crippen molar-refractivity contribution in [2.24, 2.45) is 0 Å². The van der Waals surface area contributed by atoms with Gasteiger partial charge in [0.25, 0.3) is 0 Å². The van der Waals surface area contributed by atoms with Gasteiger partial charge in [-0.15, -0.1) is 0 Å². The number of anilines is 2. The van der Waals surface area contributed by atoms with E-state index in [9.17, 15) is 0 Å². The monoisotopic (exact) mass is 231 g/mol. The van der Waals surface area contributed by atoms with Crippen LogP contribution in [0.2, 0.25) is 0 Å². The lowest BCUT2D eigenvalue weighted by atomic mass is 10.1. The zero-order chi connectivity index (χ0) is 21.9. The Hall–Kier alpha value is -2.28. The third-order valence-corrected chi connectivity index (χ3v) is 2.06. The predicted octanol–water partition coefficient (Wildman–Crippen LogP) is 4.58. The molecule has 0 saturated carbocycles. The minimum Gasteiger partial charge on any atom is -0.355 e. The van der Waals surface area contributed by atoms with E-state index in [0.29, 0.717) is 0 Å². The summed E-state index contributed by atoms with van der Waals surface area (Å²) in [5.41, 5.74) is -0.748. The first-order valence-corrected chi connectivity index (χ1v) is 4.75. The molecule has 0 heterocycles. The van der Waals surface area contributed by atoms with E-state index in [-0.39, 0.29) is 16.5 Å². The van der Waals surface area contributed by atoms with Gasteiger partial charge in [-0.2, -0.15) is 0 Å². The van der Waals surface area contributed by atoms with Crippen molar-refractivity contribution in [3.63, 3.8) is 0 Å². The molecule has 0 spiro atoms. The summed E-state index contributed by atoms with van der Waals surface area (Å²) in [7, 11) is 0. The highest BCUT2D eigenvalue weighted by molar-refractivity contribution is 5.95. The van der Waals surface area contributed by atoms with E-state index in [1.165, 1.54) is 0 Å². The number of hydrogen-bond acceptors (Lipinski definition) is 1. The highest BCUT2D eigenvalue weighted by Gasteiger charge is 1.99. The van der Waals surface area contributed by atoms with E-state index < -0.39 is 78.2 Å². The van der Waals surface area contributed by atoms with Crippen LogP contribution >= 0.6 is 0 Å². The third-order valence-electron chi connectivity index (χ3n) is 2.06. The first-order valence-electron chi connectivity index (χ1n) is 10.8. The lowest BCUT2D eigenvalue weighted by molar-refractivity contribution is 1.58. The van der Waals surface area contributed by atoms with E-state index in [4.69, 9.17) is 16.4 Å². The molecule has 1 nitrogen and oxygen atoms in total. The van der Waals surface area contributed by atoms with Crippen molar-refractivity contribution in [3.05, 3.63) is 72.5 Å². The lowest BCUT2D eigenvalue weighted by Crippen LogP contribution is -1.90. The van der Waals surface area contributed by atoms with Gasteiger partial charge in [0.2, 0.25) is 0 Å². The van der Waals surface area contributed by atoms with Gasteiger partial charge < -0.3 is 5.32 Å². The van der Waals surface area contributed by atoms with Crippen LogP contribution < -0.4 is 5.32 Å². The molecule has 0 amide bonds. The minimum atomic E-state index is -0.630. The quantitative estimate of drug-likeness (QED) is 0.680. The molecule has 3 rings (SSSR count). The fourth-order valence-electron chi connectivity index (χ4n) is 1.34. The molecule has 0 radical (unpaired) electrons. The summed E-state index contributed by atoms with van der Waals surface area (Å²) in [4.78, 5) is 0. The molecule has 0 unspecified atom stereocenters. The number of fused-ring (bicyclic) bond motifs is 1. The normalized spacial score (nSPS) is 20.2. The average Bonchev–Trinajstić information content (AvgIpc) is 2.70. The Morgan fingerprint density at radius 3 is 2.29 bits per heavy atom. The fraction of sp³-hybridized carbons (Fsp3) is 0. The molecule has 0 aromatic heterocycles. The molecule has 0 fully saturated rings. The summed E-state index contributed by atoms with van der Waals surface area (Å²) in [5.74, 6) is 0. The van der Waals surface area contributed by atoms with Gasteiger partial charge in [0.05, 0.1) is 16.4 Å². The number of para-hydroxylation sites is 1. The summed E-state index contributed by atoms with van der Waals surface area (Å²) >= 11 is 0. The topological polar surface area (TPSA) is 12.0 Å². The molecule has 0 aliphatic heterocycles. The van der Waals surface area contributed by atoms with Crippen molar-refractivity contribution in [1.29, 1.82) is 0 Å². The van der Waals surface area contributed by atoms with Gasteiger partial charge >= 0.3 is 0 Å². The van der Waals surface area contributed by atoms with E-state index in [0.717, 1.165) is 0 Å². The van der Waals surface area contributed by atoms with Crippen molar-refractivity contribution in [2.45, 2.75) is 0 Å². The highest BCUT2D eigenvalue weighted by atomic mass is 14.9. The largest absolute Gasteiger partial charge is 0.355 e. The van der Waals surface area contributed by atoms with E-state index >= 15 is 0 Å². The van der Waals surface area contributed by atoms with E-state index in [1.54, 1.807) is 0 Å². The second-order valence-electron chi connectivity index (χ2n) is 3.12. The highest BCUT2D eigenvalue weighted by Crippen LogP contribution is 2.25. The standard InChI is InChI=1S/C16H13N/c1-2-9-14(10-3-1)17-16-12-6-8-13-7-4-5-11-15(13)16/h1-12,17H/i1D,2D,3D,4D,5D,6D,7D,8D,9D,10D,11D,12D. The summed E-state index contributed by atoms with van der Waals surface area (Å²) in [6.07, 6.45) is 0. The van der Waals surface area contributed by atoms with Gasteiger partial charge in [-0.3, -0.25) is 0 Å². The first kappa shape index (κ1) is 3.36. The van der Waals surface area contributed by atoms with E-state index in [2.05, 4.69) is 5.32 Å². The molecular formula is C16H13N. The van der Waals surface area contributed by atoms with Crippen LogP contribution in [0.25, 0.3) is 10.8 Å². The van der Waals surface area contributed by atoms with E-state index in [1.807, 2.05) is 0 Å². The van der Waals surface area contributed by atoms with Crippen molar-refractivity contribution in [2.75, 3.05) is 5.32 Å². The Morgan fingerprint density at radius 2 is 1.41 bits per heavy atom. The Morgan fingerprint density at radius 1 is 0.706 bits per heavy atom. The fourth-order valence-corrected chi connectivity index (χ4v) is 1.34. The number of hydrogen-bond donors (Lipinski definition) is 1. The molecule has 0 saturated heterocycles. The number of benzene rings is 3. The number of rotatable bonds is 2. The van der Waals surface area contributed by atoms with Gasteiger partial charge in [-0.1, -0.05) is 54.4 Å². The molecule has 17 heavy (non-hydrogen) atoms. The minimum absolute atomic E-state index is 0.270. The molecule has 1 N–H and O–H groups in total. The van der Waals surface area contributed by atoms with Crippen molar-refractivity contribution < 1.29 is 16.4 Å². The third kappa shape index (κ3) is 2.00. The maximum Gasteiger partial charge on any atom is 0.0645 e. The van der Waals surface area contributed by atoms with Crippen LogP contribution in [0.4, 0.5) is 11.4 Å². The Bertz CT molecular complexity index is 1170. The molecule has 0 bridgehead atoms. The summed E-state index contributed by atoms with van der Waals surface area (Å²) in [5, 5.41) is 1.94. The van der Waals surface area contributed by atoms with Crippen molar-refractivity contribution in [3.8, 4) is 0 Å². The zero-order valence-corrected chi connectivity index (χ0v) is 8.50. The predicted molar refractivity (Wildman–Crippen MR) is 73.7 cm³/mol. The van der Waals surface area contributed by atoms with Crippen LogP contribution in [-0.2, 0) is 0 Å². The molecule has 1 heteroatoms. The van der Waals surface area contributed by atoms with Crippen LogP contribution in [0.1, 0.15) is 16.4 Å². The van der Waals surface area contributed by atoms with Crippen LogP contribution in [0.15, 0.2) is 72.5 Å². The first-order chi connectivity index (χ1) is 13.4. The van der Waals surface area contributed by atoms with Gasteiger partial charge in [0.15, 0.2) is 0 Å². The maximum atomic E-state index is 8.17. The van der Waals surface area contributed by atoms with Gasteiger partial charge in [-0.05, 0) is 23.5 Å². The van der Waals surface area contributed by atoms with Crippen molar-refractivity contribution in [1.82, 2.24) is 0 Å². The smallest absolute Gasteiger partial charge is 0.0645 e. The van der Waals surface area contributed by atoms with Crippen LogP contribution in [0, 0.1) is 0 Å². The Kier molecular flexibility index (Phi) is 0.850. The lowest BCUT2D eigenvalue weighted by Gasteiger charge is -2.09. The van der Waals surface area contributed by atoms with Crippen LogP contribution in [0.5, 0.6) is 0 Å². The van der Waals surface area contributed by atoms with Crippen molar-refractivity contribution >= 4 is 22.1 Å². The Labute approximate surface area is 118 Å². The van der Waals surface area contributed by atoms with Gasteiger partial charge in [-0.25, -0.2) is 0 Å². The summed E-state index contributed by atoms with van der Waals surface area (Å²) < 4.78 is 95.2. The molecule has 3 aromatic carbocycles. The SMILES string of the molecule is [2H]c1c([2H])c([2H])c(Nc2c([2H])c([2H])c([2H])c3c([2H])c([2H])c([2H])c([2H])c23)c([2H])c1[2H]. The summed E-state index contributed by atoms with van der Waals surface area (Å²) in [6, 6.07) is -7.25. The molecule has 0 atom stereocenters. The number of nitrogens with one attached hydrogen (secondary N) is 1. The molecule has 0 aliphatic carbocycles. The van der Waals surface area contributed by atoms with Crippen LogP contribution in [-0.4, -0.2) is 0 Å². The second-order valence-corrected chi connectivity index (χ2v) is 3.12. The van der Waals surface area contributed by atoms with Crippen LogP contribution in [0.3, 0.4) is 0 Å². The maximum absolute atomic E-state index is 8.17. The molecule has 82 valence electrons. The molecule has 3 aromatic rings. The average molecular weight is 231 g/mol. The molecular weight excluding hydrogens is 206 g/mol. The van der Waals surface area contributed by atoms with Gasteiger partial charge in [0.1, 0.15) is 0 Å². The zero-order valence-electron chi connectivity index (χ0n) is 20.5. The molecule has 0 aliphatic rings. The second kappa shape index (κ2) is 4.30. The summed E-state index contributed by atoms with van der Waals surface area (Å²) in [6.45, 7) is 0. The van der Waals surface area contributed by atoms with Gasteiger partial charge in [0, 0.05) is 16.8 Å².